The van der Waals surface area contributed by atoms with Crippen molar-refractivity contribution in [3.8, 4) is 0 Å². The van der Waals surface area contributed by atoms with Crippen LogP contribution in [0.3, 0.4) is 0 Å². The lowest BCUT2D eigenvalue weighted by Gasteiger charge is -2.25. The molecule has 0 aliphatic heterocycles. The van der Waals surface area contributed by atoms with Gasteiger partial charge in [-0.05, 0) is 43.5 Å². The monoisotopic (exact) mass is 347 g/mol. The second kappa shape index (κ2) is 7.15. The molecule has 2 rings (SSSR count). The van der Waals surface area contributed by atoms with E-state index in [1.807, 2.05) is 38.1 Å². The predicted molar refractivity (Wildman–Crippen MR) is 92.4 cm³/mol. The van der Waals surface area contributed by atoms with Gasteiger partial charge in [-0.15, -0.1) is 0 Å². The number of aliphatic carboxylic acids is 1. The van der Waals surface area contributed by atoms with Crippen LogP contribution < -0.4 is 0 Å². The van der Waals surface area contributed by atoms with E-state index in [2.05, 4.69) is 0 Å². The van der Waals surface area contributed by atoms with Crippen molar-refractivity contribution >= 4 is 16.0 Å². The first-order chi connectivity index (χ1) is 11.2. The number of carbonyl (C=O) groups is 1. The normalized spacial score (nSPS) is 13.0. The fraction of sp³-hybridized carbons (Fsp3) is 0.278. The van der Waals surface area contributed by atoms with Gasteiger partial charge < -0.3 is 5.11 Å². The van der Waals surface area contributed by atoms with Crippen LogP contribution in [0, 0.1) is 13.8 Å². The maximum atomic E-state index is 12.7. The van der Waals surface area contributed by atoms with Crippen molar-refractivity contribution in [1.82, 2.24) is 4.31 Å². The zero-order valence-electron chi connectivity index (χ0n) is 13.9. The van der Waals surface area contributed by atoms with E-state index in [0.717, 1.165) is 21.0 Å². The van der Waals surface area contributed by atoms with Gasteiger partial charge in [0.1, 0.15) is 6.04 Å². The Labute approximate surface area is 142 Å². The summed E-state index contributed by atoms with van der Waals surface area (Å²) < 4.78 is 26.4. The second-order valence-electron chi connectivity index (χ2n) is 5.82. The summed E-state index contributed by atoms with van der Waals surface area (Å²) in [6, 6.07) is 12.6. The van der Waals surface area contributed by atoms with Gasteiger partial charge in [0.05, 0.1) is 4.90 Å². The van der Waals surface area contributed by atoms with Crippen LogP contribution in [0.4, 0.5) is 0 Å². The van der Waals surface area contributed by atoms with Crippen LogP contribution in [0.1, 0.15) is 16.7 Å². The average molecular weight is 347 g/mol. The highest BCUT2D eigenvalue weighted by Crippen LogP contribution is 2.20. The van der Waals surface area contributed by atoms with E-state index in [9.17, 15) is 18.3 Å². The molecule has 0 aliphatic carbocycles. The predicted octanol–water partition coefficient (Wildman–Crippen LogP) is 2.62. The zero-order valence-corrected chi connectivity index (χ0v) is 14.7. The van der Waals surface area contributed by atoms with Crippen molar-refractivity contribution in [2.24, 2.45) is 0 Å². The molecule has 0 unspecified atom stereocenters. The number of hydrogen-bond donors (Lipinski definition) is 1. The van der Waals surface area contributed by atoms with Gasteiger partial charge in [0, 0.05) is 7.05 Å². The minimum atomic E-state index is -3.88. The van der Waals surface area contributed by atoms with Crippen LogP contribution in [-0.2, 0) is 21.2 Å². The van der Waals surface area contributed by atoms with Gasteiger partial charge in [-0.3, -0.25) is 4.79 Å². The fourth-order valence-electron chi connectivity index (χ4n) is 2.46. The minimum Gasteiger partial charge on any atom is -0.480 e. The molecule has 24 heavy (non-hydrogen) atoms. The zero-order chi connectivity index (χ0) is 17.9. The molecule has 0 radical (unpaired) electrons. The Balaban J connectivity index is 2.35. The molecule has 0 saturated heterocycles. The average Bonchev–Trinajstić information content (AvgIpc) is 2.53. The van der Waals surface area contributed by atoms with Crippen LogP contribution in [0.2, 0.25) is 0 Å². The summed E-state index contributed by atoms with van der Waals surface area (Å²) in [5.74, 6) is -1.17. The smallest absolute Gasteiger partial charge is 0.322 e. The molecule has 0 saturated carbocycles. The first-order valence-corrected chi connectivity index (χ1v) is 8.99. The van der Waals surface area contributed by atoms with E-state index in [4.69, 9.17) is 0 Å². The first-order valence-electron chi connectivity index (χ1n) is 7.55. The molecule has 0 aromatic heterocycles. The molecule has 1 atom stereocenters. The Hall–Kier alpha value is -2.18. The summed E-state index contributed by atoms with van der Waals surface area (Å²) in [5, 5.41) is 9.54. The Morgan fingerprint density at radius 3 is 2.21 bits per heavy atom. The number of aryl methyl sites for hydroxylation is 2. The van der Waals surface area contributed by atoms with Gasteiger partial charge >= 0.3 is 5.97 Å². The van der Waals surface area contributed by atoms with E-state index in [1.165, 1.54) is 19.2 Å². The number of hydrogen-bond acceptors (Lipinski definition) is 3. The maximum absolute atomic E-state index is 12.7. The van der Waals surface area contributed by atoms with E-state index in [1.54, 1.807) is 12.1 Å². The second-order valence-corrected chi connectivity index (χ2v) is 7.82. The lowest BCUT2D eigenvalue weighted by Crippen LogP contribution is -2.43. The Bertz CT molecular complexity index is 828. The number of rotatable bonds is 6. The maximum Gasteiger partial charge on any atom is 0.322 e. The molecule has 0 spiro atoms. The molecule has 0 fully saturated rings. The van der Waals surface area contributed by atoms with Crippen LogP contribution >= 0.6 is 0 Å². The van der Waals surface area contributed by atoms with Gasteiger partial charge in [-0.2, -0.15) is 4.31 Å². The van der Waals surface area contributed by atoms with E-state index < -0.39 is 22.0 Å². The van der Waals surface area contributed by atoms with E-state index in [0.29, 0.717) is 0 Å². The summed E-state index contributed by atoms with van der Waals surface area (Å²) in [6.07, 6.45) is 0.115. The molecule has 0 amide bonds. The van der Waals surface area contributed by atoms with Crippen molar-refractivity contribution < 1.29 is 18.3 Å². The van der Waals surface area contributed by atoms with Crippen LogP contribution in [0.15, 0.2) is 53.4 Å². The standard InChI is InChI=1S/C18H21NO4S/c1-13-8-10-16(11-9-13)24(22,23)19(3)17(18(20)21)12-15-7-5-4-6-14(15)2/h4-11,17H,12H2,1-3H3,(H,20,21)/t17-/m0/s1. The largest absolute Gasteiger partial charge is 0.480 e. The Morgan fingerprint density at radius 2 is 1.67 bits per heavy atom. The summed E-state index contributed by atoms with van der Waals surface area (Å²) in [5.41, 5.74) is 2.69. The molecule has 0 heterocycles. The highest BCUT2D eigenvalue weighted by atomic mass is 32.2. The molecule has 2 aromatic carbocycles. The lowest BCUT2D eigenvalue weighted by molar-refractivity contribution is -0.141. The molecule has 6 heteroatoms. The van der Waals surface area contributed by atoms with Crippen molar-refractivity contribution in [1.29, 1.82) is 0 Å². The summed E-state index contributed by atoms with van der Waals surface area (Å²) in [7, 11) is -2.57. The highest BCUT2D eigenvalue weighted by molar-refractivity contribution is 7.89. The number of carboxylic acid groups (broad SMARTS) is 1. The molecule has 1 N–H and O–H groups in total. The van der Waals surface area contributed by atoms with Crippen molar-refractivity contribution in [2.45, 2.75) is 31.2 Å². The van der Waals surface area contributed by atoms with Gasteiger partial charge in [-0.1, -0.05) is 42.0 Å². The van der Waals surface area contributed by atoms with Gasteiger partial charge in [0.15, 0.2) is 0 Å². The van der Waals surface area contributed by atoms with Crippen LogP contribution in [0.25, 0.3) is 0 Å². The summed E-state index contributed by atoms with van der Waals surface area (Å²) in [4.78, 5) is 11.8. The molecule has 128 valence electrons. The molecular weight excluding hydrogens is 326 g/mol. The Kier molecular flexibility index (Phi) is 5.41. The van der Waals surface area contributed by atoms with Crippen molar-refractivity contribution in [3.63, 3.8) is 0 Å². The van der Waals surface area contributed by atoms with E-state index in [-0.39, 0.29) is 11.3 Å². The number of carboxylic acids is 1. The molecule has 0 aliphatic rings. The molecule has 0 bridgehead atoms. The number of sulfonamides is 1. The van der Waals surface area contributed by atoms with Crippen molar-refractivity contribution in [2.75, 3.05) is 7.05 Å². The Morgan fingerprint density at radius 1 is 1.08 bits per heavy atom. The minimum absolute atomic E-state index is 0.0895. The van der Waals surface area contributed by atoms with Crippen molar-refractivity contribution in [3.05, 3.63) is 65.2 Å². The third-order valence-corrected chi connectivity index (χ3v) is 5.98. The van der Waals surface area contributed by atoms with Gasteiger partial charge in [0.2, 0.25) is 10.0 Å². The summed E-state index contributed by atoms with van der Waals surface area (Å²) >= 11 is 0. The molecular formula is C18H21NO4S. The SMILES string of the molecule is Cc1ccc(S(=O)(=O)N(C)[C@@H](Cc2ccccc2C)C(=O)O)cc1. The highest BCUT2D eigenvalue weighted by Gasteiger charge is 2.33. The molecule has 5 nitrogen and oxygen atoms in total. The van der Waals surface area contributed by atoms with Gasteiger partial charge in [-0.25, -0.2) is 8.42 Å². The van der Waals surface area contributed by atoms with Gasteiger partial charge in [0.25, 0.3) is 0 Å². The third-order valence-electron chi connectivity index (χ3n) is 4.10. The fourth-order valence-corrected chi connectivity index (χ4v) is 3.78. The quantitative estimate of drug-likeness (QED) is 0.872. The lowest BCUT2D eigenvalue weighted by atomic mass is 10.0. The van der Waals surface area contributed by atoms with Crippen LogP contribution in [0.5, 0.6) is 0 Å². The number of benzene rings is 2. The third kappa shape index (κ3) is 3.83. The topological polar surface area (TPSA) is 74.7 Å². The molecule has 2 aromatic rings. The first kappa shape index (κ1) is 18.2. The number of nitrogens with zero attached hydrogens (tertiary/aromatic N) is 1. The summed E-state index contributed by atoms with van der Waals surface area (Å²) in [6.45, 7) is 3.74. The van der Waals surface area contributed by atoms with E-state index >= 15 is 0 Å². The van der Waals surface area contributed by atoms with Crippen LogP contribution in [-0.4, -0.2) is 36.9 Å². The number of likely N-dealkylation sites (N-methyl/N-ethyl adjacent to an activating group) is 1.